The third kappa shape index (κ3) is 3.97. The van der Waals surface area contributed by atoms with Gasteiger partial charge in [0.15, 0.2) is 0 Å². The summed E-state index contributed by atoms with van der Waals surface area (Å²) in [6.07, 6.45) is 0.731. The minimum absolute atomic E-state index is 0.154. The fraction of sp³-hybridized carbons (Fsp3) is 0.364. The number of nitrogens with zero attached hydrogens (tertiary/aromatic N) is 2. The van der Waals surface area contributed by atoms with Crippen LogP contribution in [0.25, 0.3) is 0 Å². The molecule has 0 aliphatic carbocycles. The summed E-state index contributed by atoms with van der Waals surface area (Å²) in [5, 5.41) is 0. The fourth-order valence-electron chi connectivity index (χ4n) is 3.72. The molecule has 0 aromatic heterocycles. The van der Waals surface area contributed by atoms with Crippen molar-refractivity contribution in [2.75, 3.05) is 26.2 Å². The van der Waals surface area contributed by atoms with Gasteiger partial charge in [0.25, 0.3) is 5.91 Å². The average Bonchev–Trinajstić information content (AvgIpc) is 2.72. The molecule has 1 aliphatic rings. The number of hydrogen-bond donors (Lipinski definition) is 0. The van der Waals surface area contributed by atoms with Crippen molar-refractivity contribution in [3.05, 3.63) is 63.7 Å². The van der Waals surface area contributed by atoms with Crippen LogP contribution in [0.5, 0.6) is 0 Å². The second-order valence-corrected chi connectivity index (χ2v) is 9.40. The molecule has 0 atom stereocenters. The summed E-state index contributed by atoms with van der Waals surface area (Å²) in [4.78, 5) is 25.5. The van der Waals surface area contributed by atoms with E-state index >= 15 is 0 Å². The third-order valence-corrected chi connectivity index (χ3v) is 7.89. The predicted molar refractivity (Wildman–Crippen MR) is 112 cm³/mol. The number of carbonyl (C=O) groups is 2. The molecule has 1 saturated heterocycles. The number of sulfonamides is 1. The summed E-state index contributed by atoms with van der Waals surface area (Å²) in [5.41, 5.74) is 4.48. The Hall–Kier alpha value is -2.51. The highest BCUT2D eigenvalue weighted by molar-refractivity contribution is 7.89. The number of amides is 1. The van der Waals surface area contributed by atoms with Gasteiger partial charge in [0.1, 0.15) is 6.29 Å². The lowest BCUT2D eigenvalue weighted by molar-refractivity contribution is 0.0697. The van der Waals surface area contributed by atoms with Gasteiger partial charge in [-0.2, -0.15) is 4.31 Å². The van der Waals surface area contributed by atoms with Crippen LogP contribution >= 0.6 is 0 Å². The Balaban J connectivity index is 1.78. The van der Waals surface area contributed by atoms with Gasteiger partial charge in [0.2, 0.25) is 10.0 Å². The van der Waals surface area contributed by atoms with Gasteiger partial charge in [-0.1, -0.05) is 18.2 Å². The molecular formula is C22H26N2O4S. The van der Waals surface area contributed by atoms with E-state index in [9.17, 15) is 18.0 Å². The fourth-order valence-corrected chi connectivity index (χ4v) is 5.71. The Morgan fingerprint density at radius 3 is 1.90 bits per heavy atom. The van der Waals surface area contributed by atoms with Gasteiger partial charge in [0, 0.05) is 37.3 Å². The largest absolute Gasteiger partial charge is 0.336 e. The van der Waals surface area contributed by atoms with Crippen LogP contribution < -0.4 is 0 Å². The lowest BCUT2D eigenvalue weighted by atomic mass is 10.0. The first-order chi connectivity index (χ1) is 13.7. The monoisotopic (exact) mass is 414 g/mol. The van der Waals surface area contributed by atoms with Gasteiger partial charge in [0.05, 0.1) is 4.90 Å². The second kappa shape index (κ2) is 8.08. The van der Waals surface area contributed by atoms with Gasteiger partial charge < -0.3 is 4.90 Å². The molecule has 0 N–H and O–H groups in total. The summed E-state index contributed by atoms with van der Waals surface area (Å²) in [6, 6.07) is 8.46. The van der Waals surface area contributed by atoms with Crippen LogP contribution in [0.2, 0.25) is 0 Å². The van der Waals surface area contributed by atoms with Crippen molar-refractivity contribution in [1.29, 1.82) is 0 Å². The van der Waals surface area contributed by atoms with Crippen LogP contribution in [0.4, 0.5) is 0 Å². The van der Waals surface area contributed by atoms with Gasteiger partial charge in [-0.15, -0.1) is 0 Å². The Morgan fingerprint density at radius 2 is 1.41 bits per heavy atom. The minimum atomic E-state index is -3.63. The highest BCUT2D eigenvalue weighted by Crippen LogP contribution is 2.29. The second-order valence-electron chi connectivity index (χ2n) is 7.53. The van der Waals surface area contributed by atoms with Crippen LogP contribution in [0.15, 0.2) is 35.2 Å². The van der Waals surface area contributed by atoms with Crippen molar-refractivity contribution >= 4 is 22.2 Å². The molecule has 0 bridgehead atoms. The molecule has 6 nitrogen and oxygen atoms in total. The predicted octanol–water partition coefficient (Wildman–Crippen LogP) is 2.88. The summed E-state index contributed by atoms with van der Waals surface area (Å²) in [5.74, 6) is -0.154. The maximum absolute atomic E-state index is 13.3. The molecule has 0 radical (unpaired) electrons. The van der Waals surface area contributed by atoms with Crippen LogP contribution in [-0.4, -0.2) is 56.0 Å². The molecule has 0 spiro atoms. The molecule has 154 valence electrons. The summed E-state index contributed by atoms with van der Waals surface area (Å²) in [7, 11) is -3.63. The maximum atomic E-state index is 13.3. The molecule has 2 aromatic rings. The van der Waals surface area contributed by atoms with E-state index in [0.29, 0.717) is 29.1 Å². The molecule has 0 saturated carbocycles. The first kappa shape index (κ1) is 21.2. The number of benzene rings is 2. The lowest BCUT2D eigenvalue weighted by Gasteiger charge is -2.35. The van der Waals surface area contributed by atoms with Gasteiger partial charge in [-0.05, 0) is 62.1 Å². The van der Waals surface area contributed by atoms with Crippen LogP contribution in [-0.2, 0) is 10.0 Å². The molecule has 1 heterocycles. The molecule has 1 aliphatic heterocycles. The zero-order chi connectivity index (χ0) is 21.3. The third-order valence-electron chi connectivity index (χ3n) is 5.71. The Bertz CT molecular complexity index is 1020. The highest BCUT2D eigenvalue weighted by atomic mass is 32.2. The molecule has 1 fully saturated rings. The van der Waals surface area contributed by atoms with Gasteiger partial charge in [-0.3, -0.25) is 9.59 Å². The summed E-state index contributed by atoms with van der Waals surface area (Å²) in [6.45, 7) is 8.71. The van der Waals surface area contributed by atoms with Crippen molar-refractivity contribution in [3.8, 4) is 0 Å². The first-order valence-electron chi connectivity index (χ1n) is 9.59. The van der Waals surface area contributed by atoms with E-state index in [1.807, 2.05) is 33.8 Å². The molecule has 29 heavy (non-hydrogen) atoms. The van der Waals surface area contributed by atoms with Gasteiger partial charge >= 0.3 is 0 Å². The highest BCUT2D eigenvalue weighted by Gasteiger charge is 2.33. The Morgan fingerprint density at radius 1 is 0.897 bits per heavy atom. The number of carbonyl (C=O) groups excluding carboxylic acids is 2. The standard InChI is InChI=1S/C22H26N2O4S/c1-15-13-16(2)18(4)21(17(15)3)29(27,28)24-11-9-23(10-12-24)22(26)20-7-5-19(14-25)6-8-20/h5-8,13-14H,9-12H2,1-4H3. The topological polar surface area (TPSA) is 74.8 Å². The maximum Gasteiger partial charge on any atom is 0.253 e. The van der Waals surface area contributed by atoms with Crippen molar-refractivity contribution < 1.29 is 18.0 Å². The van der Waals surface area contributed by atoms with Crippen molar-refractivity contribution in [2.45, 2.75) is 32.6 Å². The van der Waals surface area contributed by atoms with Crippen molar-refractivity contribution in [3.63, 3.8) is 0 Å². The van der Waals surface area contributed by atoms with E-state index in [1.54, 1.807) is 29.2 Å². The van der Waals surface area contributed by atoms with Crippen LogP contribution in [0.1, 0.15) is 43.0 Å². The quantitative estimate of drug-likeness (QED) is 0.721. The Kier molecular flexibility index (Phi) is 5.91. The smallest absolute Gasteiger partial charge is 0.253 e. The number of rotatable bonds is 4. The van der Waals surface area contributed by atoms with E-state index < -0.39 is 10.0 Å². The number of aryl methyl sites for hydroxylation is 2. The van der Waals surface area contributed by atoms with Gasteiger partial charge in [-0.25, -0.2) is 8.42 Å². The minimum Gasteiger partial charge on any atom is -0.336 e. The lowest BCUT2D eigenvalue weighted by Crippen LogP contribution is -2.50. The van der Waals surface area contributed by atoms with E-state index in [4.69, 9.17) is 0 Å². The van der Waals surface area contributed by atoms with E-state index in [2.05, 4.69) is 0 Å². The van der Waals surface area contributed by atoms with Crippen molar-refractivity contribution in [2.24, 2.45) is 0 Å². The van der Waals surface area contributed by atoms with Crippen LogP contribution in [0, 0.1) is 27.7 Å². The van der Waals surface area contributed by atoms with Crippen LogP contribution in [0.3, 0.4) is 0 Å². The molecule has 0 unspecified atom stereocenters. The molecule has 2 aromatic carbocycles. The molecule has 7 heteroatoms. The number of aldehydes is 1. The zero-order valence-corrected chi connectivity index (χ0v) is 18.0. The summed E-state index contributed by atoms with van der Waals surface area (Å²) < 4.78 is 28.2. The average molecular weight is 415 g/mol. The van der Waals surface area contributed by atoms with E-state index in [0.717, 1.165) is 28.5 Å². The number of hydrogen-bond acceptors (Lipinski definition) is 4. The SMILES string of the molecule is Cc1cc(C)c(C)c(S(=O)(=O)N2CCN(C(=O)c3ccc(C=O)cc3)CC2)c1C. The van der Waals surface area contributed by atoms with Crippen molar-refractivity contribution in [1.82, 2.24) is 9.21 Å². The zero-order valence-electron chi connectivity index (χ0n) is 17.2. The molecule has 3 rings (SSSR count). The number of piperazine rings is 1. The molecule has 1 amide bonds. The Labute approximate surface area is 172 Å². The van der Waals surface area contributed by atoms with E-state index in [1.165, 1.54) is 4.31 Å². The first-order valence-corrected chi connectivity index (χ1v) is 11.0. The normalized spacial score (nSPS) is 15.4. The molecular weight excluding hydrogens is 388 g/mol. The van der Waals surface area contributed by atoms with E-state index in [-0.39, 0.29) is 19.0 Å². The summed E-state index contributed by atoms with van der Waals surface area (Å²) >= 11 is 0.